The molecule has 2 unspecified atom stereocenters. The van der Waals surface area contributed by atoms with Gasteiger partial charge < -0.3 is 10.4 Å². The molecule has 102 valence electrons. The topological polar surface area (TPSA) is 73.1 Å². The van der Waals surface area contributed by atoms with E-state index >= 15 is 0 Å². The zero-order valence-corrected chi connectivity index (χ0v) is 11.9. The van der Waals surface area contributed by atoms with Crippen LogP contribution in [0, 0.1) is 11.3 Å². The summed E-state index contributed by atoms with van der Waals surface area (Å²) in [4.78, 5) is 11.6. The largest absolute Gasteiger partial charge is 0.388 e. The molecule has 0 fully saturated rings. The van der Waals surface area contributed by atoms with E-state index in [1.807, 2.05) is 6.07 Å². The molecule has 1 amide bonds. The van der Waals surface area contributed by atoms with Crippen LogP contribution in [0.2, 0.25) is 10.0 Å². The van der Waals surface area contributed by atoms with Crippen molar-refractivity contribution in [3.8, 4) is 6.07 Å². The van der Waals surface area contributed by atoms with Gasteiger partial charge in [0.15, 0.2) is 0 Å². The highest BCUT2D eigenvalue weighted by atomic mass is 35.5. The number of nitrogens with one attached hydrogen (secondary N) is 1. The van der Waals surface area contributed by atoms with Crippen molar-refractivity contribution in [2.75, 3.05) is 0 Å². The van der Waals surface area contributed by atoms with E-state index in [-0.39, 0.29) is 6.42 Å². The smallest absolute Gasteiger partial charge is 0.223 e. The van der Waals surface area contributed by atoms with Gasteiger partial charge in [0.2, 0.25) is 5.91 Å². The Hall–Kier alpha value is -1.28. The van der Waals surface area contributed by atoms with Gasteiger partial charge in [-0.05, 0) is 30.2 Å². The van der Waals surface area contributed by atoms with Gasteiger partial charge in [-0.15, -0.1) is 0 Å². The van der Waals surface area contributed by atoms with Crippen molar-refractivity contribution in [3.05, 3.63) is 33.8 Å². The standard InChI is InChI=1S/C13H14Cl2N2O2/c1-2-11(7-16)17-13(19)6-12(18)8-3-9(14)5-10(15)4-8/h3-5,11-12,18H,2,6H2,1H3,(H,17,19). The van der Waals surface area contributed by atoms with Crippen LogP contribution in [-0.2, 0) is 4.79 Å². The van der Waals surface area contributed by atoms with E-state index in [1.165, 1.54) is 0 Å². The molecule has 0 spiro atoms. The fourth-order valence-electron chi connectivity index (χ4n) is 1.54. The lowest BCUT2D eigenvalue weighted by molar-refractivity contribution is -0.123. The second-order valence-corrected chi connectivity index (χ2v) is 4.95. The Balaban J connectivity index is 2.66. The first kappa shape index (κ1) is 15.8. The lowest BCUT2D eigenvalue weighted by atomic mass is 10.1. The van der Waals surface area contributed by atoms with Gasteiger partial charge >= 0.3 is 0 Å². The number of nitrogens with zero attached hydrogens (tertiary/aromatic N) is 1. The Labute approximate surface area is 121 Å². The zero-order chi connectivity index (χ0) is 14.4. The predicted octanol–water partition coefficient (Wildman–Crippen LogP) is 2.84. The molecule has 0 aliphatic rings. The van der Waals surface area contributed by atoms with Crippen molar-refractivity contribution in [1.29, 1.82) is 5.26 Å². The predicted molar refractivity (Wildman–Crippen MR) is 73.9 cm³/mol. The Morgan fingerprint density at radius 2 is 2.00 bits per heavy atom. The number of aliphatic hydroxyl groups is 1. The van der Waals surface area contributed by atoms with Crippen molar-refractivity contribution in [1.82, 2.24) is 5.32 Å². The highest BCUT2D eigenvalue weighted by Crippen LogP contribution is 2.25. The number of benzene rings is 1. The molecule has 0 saturated heterocycles. The number of hydrogen-bond donors (Lipinski definition) is 2. The molecule has 6 heteroatoms. The molecular formula is C13H14Cl2N2O2. The molecule has 2 N–H and O–H groups in total. The number of hydrogen-bond acceptors (Lipinski definition) is 3. The summed E-state index contributed by atoms with van der Waals surface area (Å²) in [5, 5.41) is 22.0. The van der Waals surface area contributed by atoms with Crippen LogP contribution in [0.1, 0.15) is 31.4 Å². The van der Waals surface area contributed by atoms with Crippen LogP contribution >= 0.6 is 23.2 Å². The maximum Gasteiger partial charge on any atom is 0.223 e. The van der Waals surface area contributed by atoms with Crippen LogP contribution in [0.4, 0.5) is 0 Å². The Morgan fingerprint density at radius 3 is 2.47 bits per heavy atom. The zero-order valence-electron chi connectivity index (χ0n) is 10.4. The highest BCUT2D eigenvalue weighted by Gasteiger charge is 2.16. The van der Waals surface area contributed by atoms with Gasteiger partial charge in [0.25, 0.3) is 0 Å². The van der Waals surface area contributed by atoms with Gasteiger partial charge in [-0.25, -0.2) is 0 Å². The third-order valence-corrected chi connectivity index (χ3v) is 2.98. The molecule has 1 aromatic rings. The first-order valence-electron chi connectivity index (χ1n) is 5.79. The summed E-state index contributed by atoms with van der Waals surface area (Å²) >= 11 is 11.6. The van der Waals surface area contributed by atoms with Gasteiger partial charge in [-0.2, -0.15) is 5.26 Å². The van der Waals surface area contributed by atoms with E-state index in [1.54, 1.807) is 25.1 Å². The number of rotatable bonds is 5. The molecule has 0 heterocycles. The monoisotopic (exact) mass is 300 g/mol. The van der Waals surface area contributed by atoms with Gasteiger partial charge in [0.05, 0.1) is 18.6 Å². The maximum atomic E-state index is 11.6. The van der Waals surface area contributed by atoms with Gasteiger partial charge in [-0.1, -0.05) is 30.1 Å². The number of nitriles is 1. The number of halogens is 2. The lowest BCUT2D eigenvalue weighted by Crippen LogP contribution is -2.34. The van der Waals surface area contributed by atoms with E-state index in [0.29, 0.717) is 22.0 Å². The van der Waals surface area contributed by atoms with Crippen LogP contribution < -0.4 is 5.32 Å². The fraction of sp³-hybridized carbons (Fsp3) is 0.385. The fourth-order valence-corrected chi connectivity index (χ4v) is 2.08. The number of carbonyl (C=O) groups is 1. The van der Waals surface area contributed by atoms with Crippen molar-refractivity contribution in [2.45, 2.75) is 31.9 Å². The lowest BCUT2D eigenvalue weighted by Gasteiger charge is -2.14. The first-order chi connectivity index (χ1) is 8.96. The van der Waals surface area contributed by atoms with Crippen molar-refractivity contribution >= 4 is 29.1 Å². The number of aliphatic hydroxyl groups excluding tert-OH is 1. The van der Waals surface area contributed by atoms with Crippen LogP contribution in [0.15, 0.2) is 18.2 Å². The normalized spacial score (nSPS) is 13.4. The molecule has 0 aliphatic heterocycles. The summed E-state index contributed by atoms with van der Waals surface area (Å²) < 4.78 is 0. The minimum atomic E-state index is -1.01. The molecule has 0 aliphatic carbocycles. The highest BCUT2D eigenvalue weighted by molar-refractivity contribution is 6.34. The summed E-state index contributed by atoms with van der Waals surface area (Å²) in [5.41, 5.74) is 0.470. The maximum absolute atomic E-state index is 11.6. The van der Waals surface area contributed by atoms with E-state index in [9.17, 15) is 9.90 Å². The minimum Gasteiger partial charge on any atom is -0.388 e. The first-order valence-corrected chi connectivity index (χ1v) is 6.55. The summed E-state index contributed by atoms with van der Waals surface area (Å²) in [6.45, 7) is 1.79. The van der Waals surface area contributed by atoms with Crippen molar-refractivity contribution in [2.24, 2.45) is 0 Å². The van der Waals surface area contributed by atoms with Crippen molar-refractivity contribution < 1.29 is 9.90 Å². The van der Waals surface area contributed by atoms with Gasteiger partial charge in [0.1, 0.15) is 6.04 Å². The Morgan fingerprint density at radius 1 is 1.42 bits per heavy atom. The van der Waals surface area contributed by atoms with E-state index < -0.39 is 18.1 Å². The Kier molecular flexibility index (Phi) is 6.10. The molecule has 0 bridgehead atoms. The Bertz CT molecular complexity index is 480. The van der Waals surface area contributed by atoms with E-state index in [2.05, 4.69) is 5.32 Å². The average Bonchev–Trinajstić information content (AvgIpc) is 2.34. The summed E-state index contributed by atoms with van der Waals surface area (Å²) in [6.07, 6.45) is -0.636. The van der Waals surface area contributed by atoms with E-state index in [4.69, 9.17) is 28.5 Å². The molecule has 0 saturated carbocycles. The number of carbonyl (C=O) groups excluding carboxylic acids is 1. The average molecular weight is 301 g/mol. The molecule has 2 atom stereocenters. The van der Waals surface area contributed by atoms with Crippen LogP contribution in [-0.4, -0.2) is 17.1 Å². The molecule has 0 aromatic heterocycles. The molecule has 1 aromatic carbocycles. The second-order valence-electron chi connectivity index (χ2n) is 4.08. The SMILES string of the molecule is CCC(C#N)NC(=O)CC(O)c1cc(Cl)cc(Cl)c1. The second kappa shape index (κ2) is 7.34. The molecule has 4 nitrogen and oxygen atoms in total. The number of amides is 1. The van der Waals surface area contributed by atoms with Gasteiger partial charge in [-0.3, -0.25) is 4.79 Å². The van der Waals surface area contributed by atoms with Crippen LogP contribution in [0.5, 0.6) is 0 Å². The van der Waals surface area contributed by atoms with E-state index in [0.717, 1.165) is 0 Å². The third-order valence-electron chi connectivity index (χ3n) is 2.55. The van der Waals surface area contributed by atoms with Crippen LogP contribution in [0.25, 0.3) is 0 Å². The van der Waals surface area contributed by atoms with Crippen LogP contribution in [0.3, 0.4) is 0 Å². The molecule has 0 radical (unpaired) electrons. The van der Waals surface area contributed by atoms with Gasteiger partial charge in [0, 0.05) is 10.0 Å². The summed E-state index contributed by atoms with van der Waals surface area (Å²) in [5.74, 6) is -0.392. The quantitative estimate of drug-likeness (QED) is 0.878. The minimum absolute atomic E-state index is 0.144. The third kappa shape index (κ3) is 5.07. The molecule has 19 heavy (non-hydrogen) atoms. The van der Waals surface area contributed by atoms with Crippen molar-refractivity contribution in [3.63, 3.8) is 0 Å². The summed E-state index contributed by atoms with van der Waals surface area (Å²) in [6, 6.07) is 6.06. The summed E-state index contributed by atoms with van der Waals surface area (Å²) in [7, 11) is 0. The molecule has 1 rings (SSSR count). The molecular weight excluding hydrogens is 287 g/mol.